The van der Waals surface area contributed by atoms with Crippen molar-refractivity contribution in [1.29, 1.82) is 0 Å². The number of nitrogens with one attached hydrogen (secondary N) is 1. The quantitative estimate of drug-likeness (QED) is 0.856. The van der Waals surface area contributed by atoms with E-state index >= 15 is 0 Å². The van der Waals surface area contributed by atoms with Crippen LogP contribution >= 0.6 is 0 Å². The fraction of sp³-hybridized carbons (Fsp3) is 0.611. The Kier molecular flexibility index (Phi) is 4.09. The lowest BCUT2D eigenvalue weighted by Crippen LogP contribution is -2.30. The van der Waals surface area contributed by atoms with E-state index in [2.05, 4.69) is 36.5 Å². The van der Waals surface area contributed by atoms with Crippen LogP contribution in [-0.4, -0.2) is 5.91 Å². The molecule has 1 aromatic carbocycles. The van der Waals surface area contributed by atoms with Crippen molar-refractivity contribution in [3.8, 4) is 0 Å². The average Bonchev–Trinajstić information content (AvgIpc) is 3.16. The van der Waals surface area contributed by atoms with E-state index in [0.29, 0.717) is 11.8 Å². The van der Waals surface area contributed by atoms with Crippen LogP contribution in [0.1, 0.15) is 62.1 Å². The maximum atomic E-state index is 12.3. The van der Waals surface area contributed by atoms with Crippen LogP contribution in [0.5, 0.6) is 0 Å². The van der Waals surface area contributed by atoms with Gasteiger partial charge in [0, 0.05) is 6.42 Å². The SMILES string of the molecule is Cc1ccc(C(NC(=O)CC2CCCC2)C2CC2)cc1. The van der Waals surface area contributed by atoms with E-state index in [4.69, 9.17) is 0 Å². The van der Waals surface area contributed by atoms with Gasteiger partial charge in [0.2, 0.25) is 5.91 Å². The number of amides is 1. The summed E-state index contributed by atoms with van der Waals surface area (Å²) in [5.74, 6) is 1.55. The highest BCUT2D eigenvalue weighted by atomic mass is 16.1. The number of hydrogen-bond acceptors (Lipinski definition) is 1. The number of carbonyl (C=O) groups is 1. The zero-order chi connectivity index (χ0) is 13.9. The molecule has 1 amide bonds. The van der Waals surface area contributed by atoms with Crippen molar-refractivity contribution in [3.05, 3.63) is 35.4 Å². The molecule has 1 atom stereocenters. The van der Waals surface area contributed by atoms with Crippen molar-refractivity contribution >= 4 is 5.91 Å². The van der Waals surface area contributed by atoms with Gasteiger partial charge in [0.05, 0.1) is 6.04 Å². The van der Waals surface area contributed by atoms with Crippen LogP contribution in [0.3, 0.4) is 0 Å². The van der Waals surface area contributed by atoms with Gasteiger partial charge in [-0.3, -0.25) is 4.79 Å². The molecule has 2 aliphatic rings. The zero-order valence-electron chi connectivity index (χ0n) is 12.4. The molecular weight excluding hydrogens is 246 g/mol. The zero-order valence-corrected chi connectivity index (χ0v) is 12.4. The maximum absolute atomic E-state index is 12.3. The number of hydrogen-bond donors (Lipinski definition) is 1. The second-order valence-electron chi connectivity index (χ2n) is 6.65. The summed E-state index contributed by atoms with van der Waals surface area (Å²) in [6, 6.07) is 8.88. The Labute approximate surface area is 122 Å². The van der Waals surface area contributed by atoms with Crippen molar-refractivity contribution in [3.63, 3.8) is 0 Å². The molecule has 0 bridgehead atoms. The van der Waals surface area contributed by atoms with Crippen LogP contribution in [0, 0.1) is 18.8 Å². The summed E-state index contributed by atoms with van der Waals surface area (Å²) in [6.45, 7) is 2.11. The average molecular weight is 271 g/mol. The molecule has 2 heteroatoms. The minimum absolute atomic E-state index is 0.240. The standard InChI is InChI=1S/C18H25NO/c1-13-6-8-15(9-7-13)18(16-10-11-16)19-17(20)12-14-4-2-3-5-14/h6-9,14,16,18H,2-5,10-12H2,1H3,(H,19,20). The van der Waals surface area contributed by atoms with Gasteiger partial charge >= 0.3 is 0 Å². The van der Waals surface area contributed by atoms with Gasteiger partial charge in [-0.05, 0) is 50.0 Å². The van der Waals surface area contributed by atoms with Crippen LogP contribution in [0.25, 0.3) is 0 Å². The van der Waals surface area contributed by atoms with E-state index in [-0.39, 0.29) is 11.9 Å². The fourth-order valence-electron chi connectivity index (χ4n) is 3.39. The molecule has 2 nitrogen and oxygen atoms in total. The summed E-state index contributed by atoms with van der Waals surface area (Å²) in [5.41, 5.74) is 2.55. The molecule has 2 aliphatic carbocycles. The van der Waals surface area contributed by atoms with Crippen LogP contribution in [-0.2, 0) is 4.79 Å². The molecule has 1 unspecified atom stereocenters. The van der Waals surface area contributed by atoms with Gasteiger partial charge in [-0.2, -0.15) is 0 Å². The van der Waals surface area contributed by atoms with Gasteiger partial charge in [-0.15, -0.1) is 0 Å². The predicted octanol–water partition coefficient (Wildman–Crippen LogP) is 4.14. The third kappa shape index (κ3) is 3.41. The molecule has 2 fully saturated rings. The molecule has 0 aliphatic heterocycles. The first-order valence-corrected chi connectivity index (χ1v) is 8.08. The Morgan fingerprint density at radius 1 is 1.15 bits per heavy atom. The maximum Gasteiger partial charge on any atom is 0.220 e. The molecule has 1 N–H and O–H groups in total. The second kappa shape index (κ2) is 5.99. The molecule has 0 saturated heterocycles. The highest BCUT2D eigenvalue weighted by Gasteiger charge is 2.33. The molecule has 0 spiro atoms. The van der Waals surface area contributed by atoms with Crippen LogP contribution in [0.4, 0.5) is 0 Å². The fourth-order valence-corrected chi connectivity index (χ4v) is 3.39. The summed E-state index contributed by atoms with van der Waals surface area (Å²) < 4.78 is 0. The lowest BCUT2D eigenvalue weighted by Gasteiger charge is -2.20. The second-order valence-corrected chi connectivity index (χ2v) is 6.65. The number of rotatable bonds is 5. The van der Waals surface area contributed by atoms with Crippen molar-refractivity contribution < 1.29 is 4.79 Å². The largest absolute Gasteiger partial charge is 0.349 e. The summed E-state index contributed by atoms with van der Waals surface area (Å²) in [4.78, 5) is 12.3. The van der Waals surface area contributed by atoms with E-state index in [1.54, 1.807) is 0 Å². The predicted molar refractivity (Wildman–Crippen MR) is 81.4 cm³/mol. The minimum atomic E-state index is 0.240. The molecule has 0 radical (unpaired) electrons. The third-order valence-corrected chi connectivity index (χ3v) is 4.80. The van der Waals surface area contributed by atoms with Gasteiger partial charge in [0.1, 0.15) is 0 Å². The van der Waals surface area contributed by atoms with E-state index in [1.807, 2.05) is 0 Å². The van der Waals surface area contributed by atoms with Crippen molar-refractivity contribution in [2.24, 2.45) is 11.8 Å². The molecule has 0 aromatic heterocycles. The molecule has 108 valence electrons. The molecule has 3 rings (SSSR count). The summed E-state index contributed by atoms with van der Waals surface area (Å²) in [5, 5.41) is 3.30. The third-order valence-electron chi connectivity index (χ3n) is 4.80. The Bertz CT molecular complexity index is 455. The molecular formula is C18H25NO. The van der Waals surface area contributed by atoms with Gasteiger partial charge in [-0.25, -0.2) is 0 Å². The highest BCUT2D eigenvalue weighted by molar-refractivity contribution is 5.76. The van der Waals surface area contributed by atoms with E-state index < -0.39 is 0 Å². The Hall–Kier alpha value is -1.31. The molecule has 0 heterocycles. The molecule has 20 heavy (non-hydrogen) atoms. The lowest BCUT2D eigenvalue weighted by atomic mass is 9.99. The highest BCUT2D eigenvalue weighted by Crippen LogP contribution is 2.41. The van der Waals surface area contributed by atoms with Crippen LogP contribution < -0.4 is 5.32 Å². The van der Waals surface area contributed by atoms with E-state index in [9.17, 15) is 4.79 Å². The van der Waals surface area contributed by atoms with E-state index in [1.165, 1.54) is 49.7 Å². The molecule has 2 saturated carbocycles. The Morgan fingerprint density at radius 3 is 2.40 bits per heavy atom. The number of aryl methyl sites for hydroxylation is 1. The molecule has 1 aromatic rings. The van der Waals surface area contributed by atoms with Crippen LogP contribution in [0.2, 0.25) is 0 Å². The van der Waals surface area contributed by atoms with Gasteiger partial charge < -0.3 is 5.32 Å². The normalized spacial score (nSPS) is 20.9. The van der Waals surface area contributed by atoms with Crippen molar-refractivity contribution in [2.75, 3.05) is 0 Å². The lowest BCUT2D eigenvalue weighted by molar-refractivity contribution is -0.122. The van der Waals surface area contributed by atoms with Gasteiger partial charge in [0.25, 0.3) is 0 Å². The summed E-state index contributed by atoms with van der Waals surface area (Å²) in [7, 11) is 0. The first-order chi connectivity index (χ1) is 9.72. The summed E-state index contributed by atoms with van der Waals surface area (Å²) in [6.07, 6.45) is 8.33. The topological polar surface area (TPSA) is 29.1 Å². The van der Waals surface area contributed by atoms with Crippen molar-refractivity contribution in [1.82, 2.24) is 5.32 Å². The Balaban J connectivity index is 1.62. The number of benzene rings is 1. The number of carbonyl (C=O) groups excluding carboxylic acids is 1. The van der Waals surface area contributed by atoms with E-state index in [0.717, 1.165) is 6.42 Å². The van der Waals surface area contributed by atoms with Crippen LogP contribution in [0.15, 0.2) is 24.3 Å². The summed E-state index contributed by atoms with van der Waals surface area (Å²) >= 11 is 0. The first-order valence-electron chi connectivity index (χ1n) is 8.08. The van der Waals surface area contributed by atoms with Gasteiger partial charge in [-0.1, -0.05) is 42.7 Å². The minimum Gasteiger partial charge on any atom is -0.349 e. The Morgan fingerprint density at radius 2 is 1.80 bits per heavy atom. The smallest absolute Gasteiger partial charge is 0.220 e. The van der Waals surface area contributed by atoms with Crippen molar-refractivity contribution in [2.45, 2.75) is 57.9 Å². The first kappa shape index (κ1) is 13.7. The van der Waals surface area contributed by atoms with Gasteiger partial charge in [0.15, 0.2) is 0 Å². The monoisotopic (exact) mass is 271 g/mol.